The van der Waals surface area contributed by atoms with E-state index < -0.39 is 24.3 Å². The van der Waals surface area contributed by atoms with Gasteiger partial charge in [-0.2, -0.15) is 0 Å². The number of methoxy groups -OCH3 is 2. The maximum Gasteiger partial charge on any atom is 0.407 e. The number of rotatable bonds is 10. The molecule has 17 heteroatoms. The van der Waals surface area contributed by atoms with Gasteiger partial charge in [0.15, 0.2) is 5.82 Å². The number of aromatic amines is 2. The summed E-state index contributed by atoms with van der Waals surface area (Å²) in [7, 11) is 2.54. The van der Waals surface area contributed by atoms with Gasteiger partial charge >= 0.3 is 12.2 Å². The van der Waals surface area contributed by atoms with Gasteiger partial charge in [0.1, 0.15) is 36.1 Å². The van der Waals surface area contributed by atoms with E-state index in [1.807, 2.05) is 68.7 Å². The molecular formula is C44H52FN9O7. The van der Waals surface area contributed by atoms with Crippen molar-refractivity contribution >= 4 is 34.9 Å². The molecule has 2 saturated heterocycles. The summed E-state index contributed by atoms with van der Waals surface area (Å²) in [5.74, 6) is 0.769. The zero-order valence-corrected chi connectivity index (χ0v) is 35.2. The number of carbonyl (C=O) groups is 4. The van der Waals surface area contributed by atoms with Crippen LogP contribution in [0.1, 0.15) is 77.1 Å². The molecule has 2 fully saturated rings. The molecule has 0 saturated carbocycles. The molecule has 3 aliphatic heterocycles. The molecule has 5 aromatic rings. The van der Waals surface area contributed by atoms with Crippen molar-refractivity contribution in [1.82, 2.24) is 44.9 Å². The van der Waals surface area contributed by atoms with Crippen molar-refractivity contribution in [3.05, 3.63) is 66.3 Å². The third-order valence-electron chi connectivity index (χ3n) is 12.1. The van der Waals surface area contributed by atoms with Crippen molar-refractivity contribution in [2.45, 2.75) is 84.1 Å². The van der Waals surface area contributed by atoms with Gasteiger partial charge in [-0.1, -0.05) is 39.8 Å². The molecule has 3 aliphatic rings. The van der Waals surface area contributed by atoms with Crippen LogP contribution in [0, 0.1) is 17.7 Å². The average Bonchev–Trinajstić information content (AvgIpc) is 4.11. The predicted octanol–water partition coefficient (Wildman–Crippen LogP) is 6.71. The molecule has 2 aromatic carbocycles. The summed E-state index contributed by atoms with van der Waals surface area (Å²) in [6.07, 6.45) is 5.15. The molecule has 8 rings (SSSR count). The minimum atomic E-state index is -0.743. The fraction of sp³-hybridized carbons (Fsp3) is 0.455. The number of nitrogens with zero attached hydrogens (tertiary/aromatic N) is 5. The molecule has 0 bridgehead atoms. The second-order valence-electron chi connectivity index (χ2n) is 16.6. The normalized spacial score (nSPS) is 18.4. The minimum Gasteiger partial charge on any atom is -0.491 e. The third kappa shape index (κ3) is 7.76. The highest BCUT2D eigenvalue weighted by atomic mass is 19.1. The first-order valence-corrected chi connectivity index (χ1v) is 20.9. The summed E-state index contributed by atoms with van der Waals surface area (Å²) < 4.78 is 34.5. The van der Waals surface area contributed by atoms with Gasteiger partial charge in [-0.05, 0) is 61.8 Å². The molecule has 4 N–H and O–H groups in total. The van der Waals surface area contributed by atoms with Crippen LogP contribution in [0.15, 0.2) is 48.8 Å². The zero-order valence-electron chi connectivity index (χ0n) is 35.2. The van der Waals surface area contributed by atoms with Gasteiger partial charge in [-0.25, -0.2) is 23.9 Å². The molecule has 322 valence electrons. The maximum absolute atomic E-state index is 16.7. The number of halogens is 1. The third-order valence-corrected chi connectivity index (χ3v) is 12.1. The number of benzene rings is 2. The van der Waals surface area contributed by atoms with E-state index in [9.17, 15) is 19.2 Å². The molecule has 4 amide bonds. The predicted molar refractivity (Wildman–Crippen MR) is 224 cm³/mol. The van der Waals surface area contributed by atoms with Crippen molar-refractivity contribution in [3.63, 3.8) is 0 Å². The first kappa shape index (κ1) is 41.3. The van der Waals surface area contributed by atoms with E-state index in [2.05, 4.69) is 30.6 Å². The molecular weight excluding hydrogens is 786 g/mol. The Morgan fingerprint density at radius 1 is 0.770 bits per heavy atom. The van der Waals surface area contributed by atoms with Gasteiger partial charge in [-0.3, -0.25) is 9.59 Å². The van der Waals surface area contributed by atoms with Gasteiger partial charge in [0, 0.05) is 35.2 Å². The Hall–Kier alpha value is -6.39. The van der Waals surface area contributed by atoms with Crippen LogP contribution in [0.4, 0.5) is 14.0 Å². The van der Waals surface area contributed by atoms with Crippen LogP contribution >= 0.6 is 0 Å². The van der Waals surface area contributed by atoms with Gasteiger partial charge in [0.2, 0.25) is 11.8 Å². The van der Waals surface area contributed by atoms with Crippen molar-refractivity contribution in [2.24, 2.45) is 11.8 Å². The summed E-state index contributed by atoms with van der Waals surface area (Å²) in [4.78, 5) is 71.1. The Morgan fingerprint density at radius 3 is 1.82 bits per heavy atom. The smallest absolute Gasteiger partial charge is 0.407 e. The first-order valence-electron chi connectivity index (χ1n) is 20.9. The number of hydrogen-bond donors (Lipinski definition) is 4. The number of aromatic nitrogens is 5. The van der Waals surface area contributed by atoms with Crippen LogP contribution in [-0.2, 0) is 25.6 Å². The largest absolute Gasteiger partial charge is 0.491 e. The molecule has 16 nitrogen and oxygen atoms in total. The van der Waals surface area contributed by atoms with Gasteiger partial charge in [0.05, 0.1) is 67.8 Å². The average molecular weight is 838 g/mol. The lowest BCUT2D eigenvalue weighted by atomic mass is 10.0. The van der Waals surface area contributed by atoms with Gasteiger partial charge < -0.3 is 49.2 Å². The van der Waals surface area contributed by atoms with Crippen molar-refractivity contribution in [2.75, 3.05) is 33.9 Å². The number of nitrogens with one attached hydrogen (secondary N) is 4. The second kappa shape index (κ2) is 16.9. The standard InChI is InChI=1S/C44H52FN9O7/c1-23(2)36(50-43(57)59-5)41(55)53-15-7-9-32(53)39-46-21-29(48-39)25-12-14-31-28(19-25)35(45)38-27-13-11-26(20-34(27)61-18-17-52(31)38)30-22-47-40(49-30)33-10-8-16-54(33)42(56)37(24(3)4)51-44(58)60-6/h11-14,19-24,32-33,36-37H,7-10,15-18H2,1-6H3,(H,46,48)(H,47,49)(H,50,57)(H,51,58)/t32-,33-,36-,37-/m0/s1. The molecule has 6 heterocycles. The Bertz CT molecular complexity index is 2470. The number of alkyl carbamates (subject to hydrolysis) is 2. The SMILES string of the molecule is COC(=O)N[C@H](C(=O)N1CCC[C@H]1c1ncc(-c2ccc3c(c2)OCCn2c-3c(F)c3cc(-c4cnc([C@@H]5CCCN5C(=O)[C@@H](NC(=O)OC)C(C)C)[nH]4)ccc32)[nH]1)C(C)C. The number of ether oxygens (including phenoxy) is 3. The molecule has 0 aliphatic carbocycles. The molecule has 3 aromatic heterocycles. The van der Waals surface area contributed by atoms with Crippen LogP contribution in [-0.4, -0.2) is 104 Å². The summed E-state index contributed by atoms with van der Waals surface area (Å²) in [5.41, 5.74) is 4.76. The number of hydrogen-bond acceptors (Lipinski definition) is 9. The Labute approximate surface area is 352 Å². The molecule has 0 unspecified atom stereocenters. The second-order valence-corrected chi connectivity index (χ2v) is 16.6. The Morgan fingerprint density at radius 2 is 1.30 bits per heavy atom. The highest BCUT2D eigenvalue weighted by molar-refractivity contribution is 5.93. The van der Waals surface area contributed by atoms with E-state index in [4.69, 9.17) is 14.2 Å². The quantitative estimate of drug-likeness (QED) is 0.119. The fourth-order valence-corrected chi connectivity index (χ4v) is 8.92. The monoisotopic (exact) mass is 837 g/mol. The number of likely N-dealkylation sites (tertiary alicyclic amines) is 2. The fourth-order valence-electron chi connectivity index (χ4n) is 8.92. The number of fused-ring (bicyclic) bond motifs is 5. The van der Waals surface area contributed by atoms with Crippen LogP contribution in [0.25, 0.3) is 44.7 Å². The molecule has 0 radical (unpaired) electrons. The van der Waals surface area contributed by atoms with Crippen molar-refractivity contribution < 1.29 is 37.8 Å². The van der Waals surface area contributed by atoms with E-state index in [1.54, 1.807) is 22.2 Å². The van der Waals surface area contributed by atoms with Crippen LogP contribution in [0.2, 0.25) is 0 Å². The lowest BCUT2D eigenvalue weighted by Gasteiger charge is -2.30. The van der Waals surface area contributed by atoms with E-state index in [1.165, 1.54) is 14.2 Å². The van der Waals surface area contributed by atoms with Crippen molar-refractivity contribution in [3.8, 4) is 39.5 Å². The Balaban J connectivity index is 1.03. The Kier molecular flexibility index (Phi) is 11.5. The van der Waals surface area contributed by atoms with E-state index >= 15 is 4.39 Å². The molecule has 4 atom stereocenters. The van der Waals surface area contributed by atoms with Crippen LogP contribution in [0.3, 0.4) is 0 Å². The molecule has 61 heavy (non-hydrogen) atoms. The van der Waals surface area contributed by atoms with Crippen LogP contribution in [0.5, 0.6) is 5.75 Å². The van der Waals surface area contributed by atoms with Gasteiger partial charge in [0.25, 0.3) is 0 Å². The zero-order chi connectivity index (χ0) is 43.1. The molecule has 0 spiro atoms. The number of carbonyl (C=O) groups excluding carboxylic acids is 4. The minimum absolute atomic E-state index is 0.147. The van der Waals surface area contributed by atoms with E-state index in [0.29, 0.717) is 72.4 Å². The van der Waals surface area contributed by atoms with Crippen LogP contribution < -0.4 is 15.4 Å². The number of amides is 4. The summed E-state index contributed by atoms with van der Waals surface area (Å²) in [5, 5.41) is 5.82. The lowest BCUT2D eigenvalue weighted by molar-refractivity contribution is -0.136. The number of H-pyrrole nitrogens is 2. The highest BCUT2D eigenvalue weighted by Crippen LogP contribution is 2.42. The maximum atomic E-state index is 16.7. The summed E-state index contributed by atoms with van der Waals surface area (Å²) in [6.45, 7) is 9.34. The highest BCUT2D eigenvalue weighted by Gasteiger charge is 2.39. The summed E-state index contributed by atoms with van der Waals surface area (Å²) >= 11 is 0. The summed E-state index contributed by atoms with van der Waals surface area (Å²) in [6, 6.07) is 9.25. The number of imidazole rings is 2. The van der Waals surface area contributed by atoms with Gasteiger partial charge in [-0.15, -0.1) is 0 Å². The lowest BCUT2D eigenvalue weighted by Crippen LogP contribution is -2.51. The van der Waals surface area contributed by atoms with E-state index in [0.717, 1.165) is 41.6 Å². The first-order chi connectivity index (χ1) is 29.4. The van der Waals surface area contributed by atoms with E-state index in [-0.39, 0.29) is 41.6 Å². The topological polar surface area (TPSA) is 189 Å². The van der Waals surface area contributed by atoms with Crippen molar-refractivity contribution in [1.29, 1.82) is 0 Å².